The van der Waals surface area contributed by atoms with Crippen LogP contribution in [0.5, 0.6) is 5.75 Å². The molecule has 7 heteroatoms. The van der Waals surface area contributed by atoms with Gasteiger partial charge < -0.3 is 20.7 Å². The number of halogens is 1. The topological polar surface area (TPSA) is 84.7 Å². The standard InChI is InChI=1S/C18H27N3O3.ClH/c1-13-5-6-14(2)16(10-13)24-12-17(22)21-9-3-4-15(11-21)18(23)20-8-7-19;/h5-6,10,15H,3-4,7-9,11-12,19H2,1-2H3,(H,20,23);1H. The molecule has 0 aliphatic carbocycles. The van der Waals surface area contributed by atoms with E-state index in [9.17, 15) is 9.59 Å². The molecule has 1 heterocycles. The molecule has 2 amide bonds. The van der Waals surface area contributed by atoms with Gasteiger partial charge >= 0.3 is 0 Å². The fourth-order valence-electron chi connectivity index (χ4n) is 2.85. The molecule has 0 radical (unpaired) electrons. The molecule has 0 aromatic heterocycles. The number of nitrogens with one attached hydrogen (secondary N) is 1. The van der Waals surface area contributed by atoms with Crippen molar-refractivity contribution in [1.29, 1.82) is 0 Å². The average Bonchev–Trinajstić information content (AvgIpc) is 2.60. The van der Waals surface area contributed by atoms with Crippen molar-refractivity contribution in [3.05, 3.63) is 29.3 Å². The predicted octanol–water partition coefficient (Wildman–Crippen LogP) is 1.42. The van der Waals surface area contributed by atoms with Crippen LogP contribution in [0, 0.1) is 19.8 Å². The molecule has 140 valence electrons. The summed E-state index contributed by atoms with van der Waals surface area (Å²) in [6, 6.07) is 5.93. The van der Waals surface area contributed by atoms with Crippen LogP contribution in [0.4, 0.5) is 0 Å². The summed E-state index contributed by atoms with van der Waals surface area (Å²) >= 11 is 0. The van der Waals surface area contributed by atoms with E-state index in [0.717, 1.165) is 29.7 Å². The molecule has 1 aliphatic rings. The van der Waals surface area contributed by atoms with Gasteiger partial charge in [-0.15, -0.1) is 12.4 Å². The Bertz CT molecular complexity index is 595. The van der Waals surface area contributed by atoms with Gasteiger partial charge in [0.2, 0.25) is 5.91 Å². The number of nitrogens with zero attached hydrogens (tertiary/aromatic N) is 1. The summed E-state index contributed by atoms with van der Waals surface area (Å²) in [6.45, 7) is 5.97. The molecular formula is C18H28ClN3O3. The van der Waals surface area contributed by atoms with Crippen LogP contribution in [0.15, 0.2) is 18.2 Å². The van der Waals surface area contributed by atoms with Crippen LogP contribution in [-0.4, -0.2) is 49.5 Å². The van der Waals surface area contributed by atoms with E-state index in [1.165, 1.54) is 0 Å². The van der Waals surface area contributed by atoms with E-state index in [1.807, 2.05) is 32.0 Å². The van der Waals surface area contributed by atoms with Gasteiger partial charge in [0.1, 0.15) is 5.75 Å². The Morgan fingerprint density at radius 3 is 2.84 bits per heavy atom. The normalized spacial score (nSPS) is 16.8. The summed E-state index contributed by atoms with van der Waals surface area (Å²) in [5.41, 5.74) is 7.50. The lowest BCUT2D eigenvalue weighted by atomic mass is 9.97. The molecule has 6 nitrogen and oxygen atoms in total. The number of ether oxygens (including phenoxy) is 1. The number of carbonyl (C=O) groups excluding carboxylic acids is 2. The van der Waals surface area contributed by atoms with Crippen LogP contribution in [-0.2, 0) is 9.59 Å². The van der Waals surface area contributed by atoms with Crippen LogP contribution >= 0.6 is 12.4 Å². The van der Waals surface area contributed by atoms with Crippen molar-refractivity contribution >= 4 is 24.2 Å². The molecule has 1 saturated heterocycles. The Labute approximate surface area is 155 Å². The van der Waals surface area contributed by atoms with Crippen molar-refractivity contribution in [1.82, 2.24) is 10.2 Å². The highest BCUT2D eigenvalue weighted by Crippen LogP contribution is 2.20. The molecule has 0 spiro atoms. The minimum absolute atomic E-state index is 0. The maximum Gasteiger partial charge on any atom is 0.260 e. The summed E-state index contributed by atoms with van der Waals surface area (Å²) in [6.07, 6.45) is 1.63. The summed E-state index contributed by atoms with van der Waals surface area (Å²) in [4.78, 5) is 26.2. The minimum atomic E-state index is -0.157. The van der Waals surface area contributed by atoms with Gasteiger partial charge in [-0.2, -0.15) is 0 Å². The molecule has 1 atom stereocenters. The van der Waals surface area contributed by atoms with Crippen LogP contribution in [0.3, 0.4) is 0 Å². The van der Waals surface area contributed by atoms with Crippen molar-refractivity contribution in [3.8, 4) is 5.75 Å². The second-order valence-corrected chi connectivity index (χ2v) is 6.32. The number of likely N-dealkylation sites (tertiary alicyclic amines) is 1. The van der Waals surface area contributed by atoms with E-state index in [-0.39, 0.29) is 36.7 Å². The first-order valence-electron chi connectivity index (χ1n) is 8.47. The Kier molecular flexibility index (Phi) is 8.72. The molecular weight excluding hydrogens is 342 g/mol. The van der Waals surface area contributed by atoms with E-state index in [2.05, 4.69) is 5.32 Å². The second-order valence-electron chi connectivity index (χ2n) is 6.32. The van der Waals surface area contributed by atoms with E-state index in [1.54, 1.807) is 4.90 Å². The summed E-state index contributed by atoms with van der Waals surface area (Å²) < 4.78 is 5.68. The number of carbonyl (C=O) groups is 2. The van der Waals surface area contributed by atoms with Gasteiger partial charge in [0, 0.05) is 26.2 Å². The Hall–Kier alpha value is -1.79. The van der Waals surface area contributed by atoms with Gasteiger partial charge in [-0.05, 0) is 43.9 Å². The number of piperidine rings is 1. The largest absolute Gasteiger partial charge is 0.483 e. The Morgan fingerprint density at radius 2 is 2.12 bits per heavy atom. The number of hydrogen-bond acceptors (Lipinski definition) is 4. The van der Waals surface area contributed by atoms with E-state index in [0.29, 0.717) is 26.2 Å². The zero-order valence-electron chi connectivity index (χ0n) is 14.9. The van der Waals surface area contributed by atoms with Crippen molar-refractivity contribution in [2.24, 2.45) is 11.7 Å². The molecule has 0 saturated carbocycles. The number of amides is 2. The molecule has 0 bridgehead atoms. The lowest BCUT2D eigenvalue weighted by molar-refractivity contribution is -0.137. The third-order valence-corrected chi connectivity index (χ3v) is 4.28. The molecule has 2 rings (SSSR count). The van der Waals surface area contributed by atoms with Crippen LogP contribution in [0.1, 0.15) is 24.0 Å². The highest BCUT2D eigenvalue weighted by molar-refractivity contribution is 5.85. The summed E-state index contributed by atoms with van der Waals surface area (Å²) in [7, 11) is 0. The zero-order chi connectivity index (χ0) is 17.5. The van der Waals surface area contributed by atoms with Crippen molar-refractivity contribution in [3.63, 3.8) is 0 Å². The van der Waals surface area contributed by atoms with Crippen molar-refractivity contribution in [2.45, 2.75) is 26.7 Å². The molecule has 1 fully saturated rings. The van der Waals surface area contributed by atoms with Crippen molar-refractivity contribution < 1.29 is 14.3 Å². The van der Waals surface area contributed by atoms with Crippen LogP contribution in [0.25, 0.3) is 0 Å². The first-order valence-corrected chi connectivity index (χ1v) is 8.47. The number of aryl methyl sites for hydroxylation is 2. The number of rotatable bonds is 6. The number of nitrogens with two attached hydrogens (primary N) is 1. The Balaban J connectivity index is 0.00000312. The van der Waals surface area contributed by atoms with Gasteiger partial charge in [-0.3, -0.25) is 9.59 Å². The molecule has 3 N–H and O–H groups in total. The monoisotopic (exact) mass is 369 g/mol. The lowest BCUT2D eigenvalue weighted by Crippen LogP contribution is -2.47. The SMILES string of the molecule is Cc1ccc(C)c(OCC(=O)N2CCCC(C(=O)NCCN)C2)c1.Cl. The van der Waals surface area contributed by atoms with Crippen LogP contribution < -0.4 is 15.8 Å². The molecule has 1 aromatic carbocycles. The summed E-state index contributed by atoms with van der Waals surface area (Å²) in [5.74, 6) is 0.480. The van der Waals surface area contributed by atoms with E-state index < -0.39 is 0 Å². The quantitative estimate of drug-likeness (QED) is 0.794. The highest BCUT2D eigenvalue weighted by atomic mass is 35.5. The predicted molar refractivity (Wildman–Crippen MR) is 100 cm³/mol. The molecule has 25 heavy (non-hydrogen) atoms. The van der Waals surface area contributed by atoms with Gasteiger partial charge in [0.05, 0.1) is 5.92 Å². The fourth-order valence-corrected chi connectivity index (χ4v) is 2.85. The summed E-state index contributed by atoms with van der Waals surface area (Å²) in [5, 5.41) is 2.80. The van der Waals surface area contributed by atoms with Crippen molar-refractivity contribution in [2.75, 3.05) is 32.8 Å². The van der Waals surface area contributed by atoms with Crippen LogP contribution in [0.2, 0.25) is 0 Å². The fraction of sp³-hybridized carbons (Fsp3) is 0.556. The number of benzene rings is 1. The second kappa shape index (κ2) is 10.3. The minimum Gasteiger partial charge on any atom is -0.483 e. The van der Waals surface area contributed by atoms with Gasteiger partial charge in [-0.25, -0.2) is 0 Å². The third kappa shape index (κ3) is 6.21. The first kappa shape index (κ1) is 21.3. The van der Waals surface area contributed by atoms with E-state index >= 15 is 0 Å². The lowest BCUT2D eigenvalue weighted by Gasteiger charge is -2.32. The maximum atomic E-state index is 12.4. The third-order valence-electron chi connectivity index (χ3n) is 4.28. The Morgan fingerprint density at radius 1 is 1.36 bits per heavy atom. The molecule has 1 unspecified atom stereocenters. The number of hydrogen-bond donors (Lipinski definition) is 2. The highest BCUT2D eigenvalue weighted by Gasteiger charge is 2.28. The first-order chi connectivity index (χ1) is 11.5. The molecule has 1 aromatic rings. The van der Waals surface area contributed by atoms with Gasteiger partial charge in [0.15, 0.2) is 6.61 Å². The maximum absolute atomic E-state index is 12.4. The van der Waals surface area contributed by atoms with Gasteiger partial charge in [0.25, 0.3) is 5.91 Å². The van der Waals surface area contributed by atoms with Gasteiger partial charge in [-0.1, -0.05) is 12.1 Å². The smallest absolute Gasteiger partial charge is 0.260 e. The zero-order valence-corrected chi connectivity index (χ0v) is 15.7. The van der Waals surface area contributed by atoms with E-state index in [4.69, 9.17) is 10.5 Å². The average molecular weight is 370 g/mol. The molecule has 1 aliphatic heterocycles.